The van der Waals surface area contributed by atoms with E-state index in [-0.39, 0.29) is 6.42 Å². The molecule has 0 aromatic heterocycles. The molecule has 0 aromatic carbocycles. The largest absolute Gasteiger partial charge is 0.481 e. The van der Waals surface area contributed by atoms with Crippen LogP contribution in [0.1, 0.15) is 32.1 Å². The molecule has 1 saturated heterocycles. The molecule has 0 spiro atoms. The highest BCUT2D eigenvalue weighted by Crippen LogP contribution is 2.35. The third-order valence-electron chi connectivity index (χ3n) is 3.68. The van der Waals surface area contributed by atoms with Crippen molar-refractivity contribution >= 4 is 5.97 Å². The van der Waals surface area contributed by atoms with Gasteiger partial charge in [0.05, 0.1) is 12.0 Å². The number of carbonyl (C=O) groups is 1. The monoisotopic (exact) mass is 213 g/mol. The number of carboxylic acids is 1. The van der Waals surface area contributed by atoms with Crippen LogP contribution in [0.2, 0.25) is 0 Å². The normalized spacial score (nSPS) is 26.5. The van der Waals surface area contributed by atoms with Crippen molar-refractivity contribution in [2.45, 2.75) is 43.7 Å². The second-order valence-corrected chi connectivity index (χ2v) is 4.72. The summed E-state index contributed by atoms with van der Waals surface area (Å²) in [7, 11) is 1.63. The Morgan fingerprint density at radius 3 is 2.47 bits per heavy atom. The van der Waals surface area contributed by atoms with Crippen molar-refractivity contribution in [2.24, 2.45) is 0 Å². The lowest BCUT2D eigenvalue weighted by atomic mass is 9.88. The molecule has 2 aliphatic rings. The summed E-state index contributed by atoms with van der Waals surface area (Å²) in [4.78, 5) is 13.2. The lowest BCUT2D eigenvalue weighted by molar-refractivity contribution is -0.147. The van der Waals surface area contributed by atoms with Gasteiger partial charge in [0.15, 0.2) is 0 Å². The maximum absolute atomic E-state index is 10.8. The van der Waals surface area contributed by atoms with E-state index in [1.54, 1.807) is 7.11 Å². The van der Waals surface area contributed by atoms with Crippen LogP contribution in [0.5, 0.6) is 0 Å². The third kappa shape index (κ3) is 2.49. The fourth-order valence-corrected chi connectivity index (χ4v) is 2.47. The fourth-order valence-electron chi connectivity index (χ4n) is 2.47. The van der Waals surface area contributed by atoms with Crippen LogP contribution in [0.3, 0.4) is 0 Å². The quantitative estimate of drug-likeness (QED) is 0.760. The van der Waals surface area contributed by atoms with Gasteiger partial charge in [-0.1, -0.05) is 0 Å². The topological polar surface area (TPSA) is 49.8 Å². The van der Waals surface area contributed by atoms with Crippen molar-refractivity contribution in [3.05, 3.63) is 0 Å². The third-order valence-corrected chi connectivity index (χ3v) is 3.68. The fraction of sp³-hybridized carbons (Fsp3) is 0.909. The van der Waals surface area contributed by atoms with E-state index < -0.39 is 11.6 Å². The predicted octanol–water partition coefficient (Wildman–Crippen LogP) is 1.10. The number of carboxylic acid groups (broad SMARTS) is 1. The van der Waals surface area contributed by atoms with E-state index >= 15 is 0 Å². The lowest BCUT2D eigenvalue weighted by Gasteiger charge is -2.40. The van der Waals surface area contributed by atoms with Gasteiger partial charge >= 0.3 is 5.97 Å². The summed E-state index contributed by atoms with van der Waals surface area (Å²) >= 11 is 0. The molecule has 1 N–H and O–H groups in total. The van der Waals surface area contributed by atoms with Crippen LogP contribution in [0.15, 0.2) is 0 Å². The smallest absolute Gasteiger partial charge is 0.306 e. The maximum Gasteiger partial charge on any atom is 0.306 e. The Morgan fingerprint density at radius 1 is 1.47 bits per heavy atom. The summed E-state index contributed by atoms with van der Waals surface area (Å²) in [5, 5.41) is 8.86. The number of piperidine rings is 1. The minimum absolute atomic E-state index is 0.141. The number of likely N-dealkylation sites (tertiary alicyclic amines) is 1. The SMILES string of the molecule is COC1(CC(=O)O)CCN(C2CC2)CC1. The van der Waals surface area contributed by atoms with Gasteiger partial charge in [-0.05, 0) is 25.7 Å². The van der Waals surface area contributed by atoms with E-state index in [1.165, 1.54) is 12.8 Å². The molecule has 0 radical (unpaired) electrons. The molecule has 0 amide bonds. The van der Waals surface area contributed by atoms with Crippen molar-refractivity contribution < 1.29 is 14.6 Å². The minimum atomic E-state index is -0.753. The average Bonchev–Trinajstić information content (AvgIpc) is 3.01. The molecule has 15 heavy (non-hydrogen) atoms. The van der Waals surface area contributed by atoms with Gasteiger partial charge in [-0.15, -0.1) is 0 Å². The van der Waals surface area contributed by atoms with E-state index in [1.807, 2.05) is 0 Å². The first kappa shape index (κ1) is 10.9. The molecule has 2 rings (SSSR count). The van der Waals surface area contributed by atoms with E-state index in [2.05, 4.69) is 4.90 Å². The van der Waals surface area contributed by atoms with Crippen LogP contribution in [0, 0.1) is 0 Å². The number of nitrogens with zero attached hydrogens (tertiary/aromatic N) is 1. The van der Waals surface area contributed by atoms with Crippen molar-refractivity contribution in [2.75, 3.05) is 20.2 Å². The number of ether oxygens (including phenoxy) is 1. The van der Waals surface area contributed by atoms with Crippen molar-refractivity contribution in [1.29, 1.82) is 0 Å². The number of rotatable bonds is 4. The molecule has 2 fully saturated rings. The van der Waals surface area contributed by atoms with Gasteiger partial charge < -0.3 is 14.7 Å². The molecule has 0 bridgehead atoms. The van der Waals surface area contributed by atoms with Gasteiger partial charge in [0.1, 0.15) is 0 Å². The first-order valence-corrected chi connectivity index (χ1v) is 5.66. The standard InChI is InChI=1S/C11H19NO3/c1-15-11(8-10(13)14)4-6-12(7-5-11)9-2-3-9/h9H,2-8H2,1H3,(H,13,14). The summed E-state index contributed by atoms with van der Waals surface area (Å²) in [5.41, 5.74) is -0.406. The van der Waals surface area contributed by atoms with E-state index in [9.17, 15) is 4.79 Å². The van der Waals surface area contributed by atoms with Crippen LogP contribution in [0.25, 0.3) is 0 Å². The molecule has 0 unspecified atom stereocenters. The van der Waals surface area contributed by atoms with Gasteiger partial charge in [-0.3, -0.25) is 4.79 Å². The molecule has 1 saturated carbocycles. The number of hydrogen-bond acceptors (Lipinski definition) is 3. The molecule has 0 aromatic rings. The Kier molecular flexibility index (Phi) is 2.98. The molecule has 4 nitrogen and oxygen atoms in total. The van der Waals surface area contributed by atoms with E-state index in [4.69, 9.17) is 9.84 Å². The summed E-state index contributed by atoms with van der Waals surface area (Å²) < 4.78 is 5.43. The Morgan fingerprint density at radius 2 is 2.07 bits per heavy atom. The first-order valence-electron chi connectivity index (χ1n) is 5.66. The highest BCUT2D eigenvalue weighted by atomic mass is 16.5. The van der Waals surface area contributed by atoms with E-state index in [0.29, 0.717) is 0 Å². The van der Waals surface area contributed by atoms with Crippen LogP contribution in [0.4, 0.5) is 0 Å². The van der Waals surface area contributed by atoms with Gasteiger partial charge in [-0.2, -0.15) is 0 Å². The van der Waals surface area contributed by atoms with Gasteiger partial charge in [0, 0.05) is 26.2 Å². The minimum Gasteiger partial charge on any atom is -0.481 e. The number of hydrogen-bond donors (Lipinski definition) is 1. The Labute approximate surface area is 90.2 Å². The first-order chi connectivity index (χ1) is 7.15. The number of methoxy groups -OCH3 is 1. The Hall–Kier alpha value is -0.610. The van der Waals surface area contributed by atoms with Crippen molar-refractivity contribution in [3.8, 4) is 0 Å². The van der Waals surface area contributed by atoms with Crippen LogP contribution in [-0.2, 0) is 9.53 Å². The molecular formula is C11H19NO3. The summed E-state index contributed by atoms with van der Waals surface area (Å²) in [6.07, 6.45) is 4.48. The van der Waals surface area contributed by atoms with Gasteiger partial charge in [0.25, 0.3) is 0 Å². The number of aliphatic carboxylic acids is 1. The molecular weight excluding hydrogens is 194 g/mol. The molecule has 1 aliphatic heterocycles. The van der Waals surface area contributed by atoms with Crippen molar-refractivity contribution in [3.63, 3.8) is 0 Å². The highest BCUT2D eigenvalue weighted by Gasteiger charge is 2.40. The summed E-state index contributed by atoms with van der Waals surface area (Å²) in [5.74, 6) is -0.753. The second kappa shape index (κ2) is 4.10. The predicted molar refractivity (Wildman–Crippen MR) is 55.8 cm³/mol. The molecule has 4 heteroatoms. The molecule has 1 aliphatic carbocycles. The average molecular weight is 213 g/mol. The highest BCUT2D eigenvalue weighted by molar-refractivity contribution is 5.68. The Balaban J connectivity index is 1.89. The molecule has 86 valence electrons. The van der Waals surface area contributed by atoms with Crippen molar-refractivity contribution in [1.82, 2.24) is 4.90 Å². The van der Waals surface area contributed by atoms with Crippen LogP contribution >= 0.6 is 0 Å². The second-order valence-electron chi connectivity index (χ2n) is 4.72. The molecule has 1 heterocycles. The van der Waals surface area contributed by atoms with Gasteiger partial charge in [0.2, 0.25) is 0 Å². The zero-order chi connectivity index (χ0) is 10.9. The zero-order valence-corrected chi connectivity index (χ0v) is 9.24. The maximum atomic E-state index is 10.8. The van der Waals surface area contributed by atoms with Crippen LogP contribution in [-0.4, -0.2) is 47.8 Å². The summed E-state index contributed by atoms with van der Waals surface area (Å²) in [6.45, 7) is 1.98. The van der Waals surface area contributed by atoms with Gasteiger partial charge in [-0.25, -0.2) is 0 Å². The zero-order valence-electron chi connectivity index (χ0n) is 9.24. The summed E-state index contributed by atoms with van der Waals surface area (Å²) in [6, 6.07) is 0.782. The Bertz CT molecular complexity index is 242. The van der Waals surface area contributed by atoms with Crippen LogP contribution < -0.4 is 0 Å². The molecule has 0 atom stereocenters. The van der Waals surface area contributed by atoms with E-state index in [0.717, 1.165) is 32.0 Å². The lowest BCUT2D eigenvalue weighted by Crippen LogP contribution is -2.47.